The molecule has 1 aromatic heterocycles. The average Bonchev–Trinajstić information content (AvgIpc) is 3.47. The van der Waals surface area contributed by atoms with Crippen molar-refractivity contribution in [1.82, 2.24) is 29.9 Å². The summed E-state index contributed by atoms with van der Waals surface area (Å²) in [4.78, 5) is 89.5. The molecule has 3 aromatic rings. The predicted molar refractivity (Wildman–Crippen MR) is 223 cm³/mol. The number of ether oxygens (including phenoxy) is 2. The molecule has 2 aromatic carbocycles. The molecule has 0 spiro atoms. The molecule has 6 rings (SSSR count). The van der Waals surface area contributed by atoms with Crippen LogP contribution in [0.4, 0.5) is 10.5 Å². The van der Waals surface area contributed by atoms with Crippen LogP contribution in [0.3, 0.4) is 0 Å². The molecule has 1 unspecified atom stereocenters. The summed E-state index contributed by atoms with van der Waals surface area (Å²) in [6.45, 7) is 2.39. The van der Waals surface area contributed by atoms with Crippen LogP contribution in [0.2, 0.25) is 0 Å². The van der Waals surface area contributed by atoms with Gasteiger partial charge in [0, 0.05) is 62.7 Å². The number of hydrogen-bond donors (Lipinski definition) is 4. The van der Waals surface area contributed by atoms with E-state index >= 15 is 0 Å². The highest BCUT2D eigenvalue weighted by Crippen LogP contribution is 2.38. The zero-order chi connectivity index (χ0) is 43.5. The van der Waals surface area contributed by atoms with Gasteiger partial charge in [0.2, 0.25) is 11.8 Å². The Kier molecular flexibility index (Phi) is 15.4. The number of methoxy groups -OCH3 is 2. The summed E-state index contributed by atoms with van der Waals surface area (Å²) in [7, 11) is 9.00. The molecule has 0 aliphatic carbocycles. The summed E-state index contributed by atoms with van der Waals surface area (Å²) in [5.41, 5.74) is 5.45. The maximum absolute atomic E-state index is 13.3. The van der Waals surface area contributed by atoms with Crippen LogP contribution in [0.25, 0.3) is 11.1 Å². The summed E-state index contributed by atoms with van der Waals surface area (Å²) in [5, 5.41) is 15.5. The van der Waals surface area contributed by atoms with E-state index in [1.807, 2.05) is 32.4 Å². The van der Waals surface area contributed by atoms with Gasteiger partial charge in [-0.3, -0.25) is 39.0 Å². The monoisotopic (exact) mass is 829 g/mol. The Morgan fingerprint density at radius 2 is 1.52 bits per heavy atom. The van der Waals surface area contributed by atoms with Crippen LogP contribution in [0.5, 0.6) is 11.5 Å². The van der Waals surface area contributed by atoms with Crippen molar-refractivity contribution in [3.8, 4) is 22.6 Å². The highest BCUT2D eigenvalue weighted by atomic mass is 16.5. The summed E-state index contributed by atoms with van der Waals surface area (Å²) in [5.74, 6) is -0.646. The number of unbranched alkanes of at least 4 members (excludes halogenated alkanes) is 5. The lowest BCUT2D eigenvalue weighted by molar-refractivity contribution is -0.136. The Labute approximate surface area is 349 Å². The lowest BCUT2D eigenvalue weighted by Gasteiger charge is -2.30. The maximum atomic E-state index is 13.3. The summed E-state index contributed by atoms with van der Waals surface area (Å²) >= 11 is 0. The first-order valence-electron chi connectivity index (χ1n) is 20.1. The molecular formula is C43H55N7O10. The number of carboxylic acid groups (broad SMARTS) is 1. The second-order valence-electron chi connectivity index (χ2n) is 15.3. The number of imide groups is 2. The smallest absolute Gasteiger partial charge is 0.317 e. The van der Waals surface area contributed by atoms with Crippen LogP contribution in [-0.2, 0) is 40.9 Å². The topological polar surface area (TPSA) is 209 Å². The van der Waals surface area contributed by atoms with Crippen molar-refractivity contribution < 1.29 is 43.3 Å². The van der Waals surface area contributed by atoms with Gasteiger partial charge >= 0.3 is 6.03 Å². The number of carbonyl (C=O) groups is 6. The van der Waals surface area contributed by atoms with Crippen molar-refractivity contribution in [2.45, 2.75) is 76.9 Å². The molecule has 6 amide bonds. The number of nitrogens with zero attached hydrogens (tertiary/aromatic N) is 4. The lowest BCUT2D eigenvalue weighted by Crippen LogP contribution is -2.54. The Hall–Kier alpha value is -6.23. The average molecular weight is 830 g/mol. The third kappa shape index (κ3) is 10.3. The van der Waals surface area contributed by atoms with Crippen molar-refractivity contribution in [3.63, 3.8) is 0 Å². The number of nitrogens with one attached hydrogen (secondary N) is 3. The number of aromatic nitrogens is 1. The van der Waals surface area contributed by atoms with Gasteiger partial charge in [0.05, 0.1) is 37.5 Å². The van der Waals surface area contributed by atoms with Crippen molar-refractivity contribution >= 4 is 41.8 Å². The standard InChI is InChI=1S/C42H53N7O8.CH2O2/c1-46(2)23-33-35(56-4)20-26(21-36(33)57-5)31-24-47(3)39(52)32-25-48(19-16-28(31)32)42(55)44-18-11-9-7-6-8-10-17-43-27-12-13-29-30(22-27)41(54)49(40(29)53)34-14-15-37(50)45-38(34)51;2-1-3/h12-13,20-22,24,34,43H,6-11,14-19,23,25H2,1-5H3,(H,44,55)(H,45,50,51);1H,(H,2,3). The van der Waals surface area contributed by atoms with Gasteiger partial charge in [-0.05, 0) is 81.2 Å². The van der Waals surface area contributed by atoms with Crippen LogP contribution in [0.15, 0.2) is 41.3 Å². The van der Waals surface area contributed by atoms with E-state index in [0.717, 1.165) is 71.4 Å². The SMILES string of the molecule is COc1cc(-c2cn(C)c(=O)c3c2CCN(C(=O)NCCCCCCCCNc2ccc4c(c2)C(=O)N(C2CCC(=O)NC2=O)C4=O)C3)cc(OC)c1CN(C)C.O=CO. The number of urea groups is 1. The molecule has 322 valence electrons. The zero-order valence-electron chi connectivity index (χ0n) is 34.9. The Morgan fingerprint density at radius 3 is 2.15 bits per heavy atom. The molecule has 0 saturated carbocycles. The van der Waals surface area contributed by atoms with Crippen LogP contribution in [0, 0.1) is 0 Å². The van der Waals surface area contributed by atoms with E-state index in [1.165, 1.54) is 0 Å². The van der Waals surface area contributed by atoms with E-state index in [-0.39, 0.29) is 48.6 Å². The van der Waals surface area contributed by atoms with E-state index in [0.29, 0.717) is 49.7 Å². The minimum Gasteiger partial charge on any atom is -0.496 e. The molecule has 1 saturated heterocycles. The van der Waals surface area contributed by atoms with Crippen LogP contribution < -0.4 is 31.0 Å². The Bertz CT molecular complexity index is 2140. The third-order valence-corrected chi connectivity index (χ3v) is 10.9. The van der Waals surface area contributed by atoms with Crippen LogP contribution in [0.1, 0.15) is 88.8 Å². The first kappa shape index (κ1) is 44.9. The van der Waals surface area contributed by atoms with E-state index in [1.54, 1.807) is 48.9 Å². The molecule has 1 atom stereocenters. The van der Waals surface area contributed by atoms with Gasteiger partial charge in [-0.15, -0.1) is 0 Å². The Balaban J connectivity index is 0.00000221. The van der Waals surface area contributed by atoms with Crippen molar-refractivity contribution in [1.29, 1.82) is 0 Å². The maximum Gasteiger partial charge on any atom is 0.317 e. The predicted octanol–water partition coefficient (Wildman–Crippen LogP) is 3.75. The molecule has 3 aliphatic heterocycles. The van der Waals surface area contributed by atoms with Gasteiger partial charge in [0.25, 0.3) is 23.8 Å². The molecular weight excluding hydrogens is 775 g/mol. The molecule has 4 N–H and O–H groups in total. The van der Waals surface area contributed by atoms with Gasteiger partial charge in [-0.1, -0.05) is 25.7 Å². The fourth-order valence-electron chi connectivity index (χ4n) is 7.91. The number of aryl methyl sites for hydroxylation is 1. The van der Waals surface area contributed by atoms with Crippen LogP contribution in [-0.4, -0.2) is 114 Å². The fourth-order valence-corrected chi connectivity index (χ4v) is 7.91. The summed E-state index contributed by atoms with van der Waals surface area (Å²) < 4.78 is 13.1. The highest BCUT2D eigenvalue weighted by Gasteiger charge is 2.44. The number of hydrogen-bond acceptors (Lipinski definition) is 11. The van der Waals surface area contributed by atoms with E-state index in [4.69, 9.17) is 19.4 Å². The van der Waals surface area contributed by atoms with Gasteiger partial charge in [0.15, 0.2) is 0 Å². The van der Waals surface area contributed by atoms with Gasteiger partial charge in [-0.25, -0.2) is 4.79 Å². The molecule has 0 radical (unpaired) electrons. The second-order valence-corrected chi connectivity index (χ2v) is 15.3. The molecule has 4 heterocycles. The third-order valence-electron chi connectivity index (χ3n) is 10.9. The van der Waals surface area contributed by atoms with Crippen molar-refractivity contribution in [3.05, 3.63) is 74.7 Å². The minimum absolute atomic E-state index is 0.0795. The largest absolute Gasteiger partial charge is 0.496 e. The number of benzene rings is 2. The van der Waals surface area contributed by atoms with Gasteiger partial charge < -0.3 is 39.6 Å². The Morgan fingerprint density at radius 1 is 0.883 bits per heavy atom. The number of fused-ring (bicyclic) bond motifs is 2. The van der Waals surface area contributed by atoms with E-state index in [2.05, 4.69) is 20.9 Å². The van der Waals surface area contributed by atoms with Crippen LogP contribution >= 0.6 is 0 Å². The first-order valence-corrected chi connectivity index (χ1v) is 20.1. The number of amides is 6. The van der Waals surface area contributed by atoms with Crippen molar-refractivity contribution in [2.75, 3.05) is 53.3 Å². The summed E-state index contributed by atoms with van der Waals surface area (Å²) in [6.07, 6.45) is 8.44. The number of anilines is 1. The number of piperidine rings is 1. The van der Waals surface area contributed by atoms with E-state index in [9.17, 15) is 28.8 Å². The number of rotatable bonds is 16. The number of carbonyl (C=O) groups excluding carboxylic acids is 5. The molecule has 3 aliphatic rings. The summed E-state index contributed by atoms with van der Waals surface area (Å²) in [6, 6.07) is 7.84. The quantitative estimate of drug-likeness (QED) is 0.0925. The molecule has 1 fully saturated rings. The number of pyridine rings is 1. The minimum atomic E-state index is -0.985. The van der Waals surface area contributed by atoms with Gasteiger partial charge in [-0.2, -0.15) is 0 Å². The van der Waals surface area contributed by atoms with Gasteiger partial charge in [0.1, 0.15) is 17.5 Å². The first-order chi connectivity index (χ1) is 28.8. The molecule has 0 bridgehead atoms. The highest BCUT2D eigenvalue weighted by molar-refractivity contribution is 6.23. The molecule has 60 heavy (non-hydrogen) atoms. The molecule has 17 heteroatoms. The zero-order valence-corrected chi connectivity index (χ0v) is 34.9. The lowest BCUT2D eigenvalue weighted by atomic mass is 9.91. The normalized spacial score (nSPS) is 15.8. The second kappa shape index (κ2) is 20.6. The van der Waals surface area contributed by atoms with E-state index < -0.39 is 29.7 Å². The molecule has 17 nitrogen and oxygen atoms in total. The fraction of sp³-hybridized carbons (Fsp3) is 0.465. The van der Waals surface area contributed by atoms with Crippen molar-refractivity contribution in [2.24, 2.45) is 7.05 Å².